The van der Waals surface area contributed by atoms with Crippen LogP contribution < -0.4 is 5.32 Å². The van der Waals surface area contributed by atoms with Crippen LogP contribution in [-0.2, 0) is 9.53 Å². The summed E-state index contributed by atoms with van der Waals surface area (Å²) < 4.78 is 5.21. The Balaban J connectivity index is 2.26. The highest BCUT2D eigenvalue weighted by Gasteiger charge is 2.18. The van der Waals surface area contributed by atoms with Crippen molar-refractivity contribution < 1.29 is 9.53 Å². The third kappa shape index (κ3) is 3.56. The van der Waals surface area contributed by atoms with Crippen LogP contribution in [0.2, 0.25) is 0 Å². The van der Waals surface area contributed by atoms with Crippen molar-refractivity contribution >= 4 is 17.7 Å². The fourth-order valence-electron chi connectivity index (χ4n) is 1.27. The molecule has 1 unspecified atom stereocenters. The van der Waals surface area contributed by atoms with E-state index in [4.69, 9.17) is 4.74 Å². The summed E-state index contributed by atoms with van der Waals surface area (Å²) in [7, 11) is 0. The van der Waals surface area contributed by atoms with Crippen molar-refractivity contribution in [1.29, 1.82) is 0 Å². The summed E-state index contributed by atoms with van der Waals surface area (Å²) >= 11 is 1.58. The quantitative estimate of drug-likeness (QED) is 0.744. The van der Waals surface area contributed by atoms with Crippen LogP contribution in [0.5, 0.6) is 0 Å². The molecule has 1 atom stereocenters. The molecule has 1 N–H and O–H groups in total. The lowest BCUT2D eigenvalue weighted by atomic mass is 10.1. The fraction of sp³-hybridized carbons (Fsp3) is 0.889. The highest BCUT2D eigenvalue weighted by Crippen LogP contribution is 2.09. The Kier molecular flexibility index (Phi) is 4.59. The molecule has 3 nitrogen and oxygen atoms in total. The maximum absolute atomic E-state index is 11.5. The number of rotatable bonds is 3. The molecule has 0 aromatic rings. The molecule has 0 radical (unpaired) electrons. The molecule has 1 saturated heterocycles. The molecule has 76 valence electrons. The molecule has 0 bridgehead atoms. The first-order valence-electron chi connectivity index (χ1n) is 4.65. The topological polar surface area (TPSA) is 38.3 Å². The van der Waals surface area contributed by atoms with Gasteiger partial charge in [-0.25, -0.2) is 0 Å². The van der Waals surface area contributed by atoms with Gasteiger partial charge in [-0.3, -0.25) is 4.79 Å². The maximum atomic E-state index is 11.5. The van der Waals surface area contributed by atoms with E-state index in [0.717, 1.165) is 26.1 Å². The first-order valence-corrected chi connectivity index (χ1v) is 5.93. The van der Waals surface area contributed by atoms with E-state index in [0.29, 0.717) is 6.04 Å². The zero-order valence-electron chi connectivity index (χ0n) is 8.21. The number of ether oxygens (including phenoxy) is 1. The minimum atomic E-state index is 0.0582. The van der Waals surface area contributed by atoms with Gasteiger partial charge in [-0.2, -0.15) is 11.8 Å². The van der Waals surface area contributed by atoms with E-state index in [1.807, 2.05) is 13.2 Å². The summed E-state index contributed by atoms with van der Waals surface area (Å²) in [6.45, 7) is 3.48. The van der Waals surface area contributed by atoms with Crippen LogP contribution in [-0.4, -0.2) is 36.7 Å². The molecule has 1 amide bonds. The van der Waals surface area contributed by atoms with Crippen molar-refractivity contribution in [3.8, 4) is 0 Å². The molecular formula is C9H17NO2S. The molecule has 0 saturated carbocycles. The minimum absolute atomic E-state index is 0.0582. The molecule has 0 aromatic heterocycles. The van der Waals surface area contributed by atoms with Crippen molar-refractivity contribution in [2.75, 3.05) is 19.5 Å². The number of amides is 1. The van der Waals surface area contributed by atoms with Gasteiger partial charge in [-0.1, -0.05) is 0 Å². The summed E-state index contributed by atoms with van der Waals surface area (Å²) in [6, 6.07) is 0.329. The van der Waals surface area contributed by atoms with Crippen LogP contribution in [0.15, 0.2) is 0 Å². The zero-order chi connectivity index (χ0) is 9.68. The second-order valence-electron chi connectivity index (χ2n) is 3.27. The average molecular weight is 203 g/mol. The van der Waals surface area contributed by atoms with Gasteiger partial charge in [0.25, 0.3) is 0 Å². The number of nitrogens with one attached hydrogen (secondary N) is 1. The second-order valence-corrected chi connectivity index (χ2v) is 4.45. The molecule has 0 aliphatic carbocycles. The second kappa shape index (κ2) is 5.50. The van der Waals surface area contributed by atoms with Crippen LogP contribution in [0.1, 0.15) is 19.8 Å². The van der Waals surface area contributed by atoms with Crippen LogP contribution in [0.3, 0.4) is 0 Å². The molecule has 13 heavy (non-hydrogen) atoms. The number of thioether (sulfide) groups is 1. The van der Waals surface area contributed by atoms with Crippen molar-refractivity contribution in [1.82, 2.24) is 5.32 Å². The van der Waals surface area contributed by atoms with E-state index in [2.05, 4.69) is 5.32 Å². The summed E-state index contributed by atoms with van der Waals surface area (Å²) in [5.74, 6) is 0.152. The van der Waals surface area contributed by atoms with Crippen LogP contribution in [0.25, 0.3) is 0 Å². The van der Waals surface area contributed by atoms with Gasteiger partial charge < -0.3 is 10.1 Å². The third-order valence-corrected chi connectivity index (χ3v) is 3.21. The average Bonchev–Trinajstić information content (AvgIpc) is 2.18. The van der Waals surface area contributed by atoms with Crippen LogP contribution in [0.4, 0.5) is 0 Å². The Labute approximate surface area is 83.6 Å². The van der Waals surface area contributed by atoms with E-state index in [9.17, 15) is 4.79 Å². The molecule has 1 aliphatic heterocycles. The smallest absolute Gasteiger partial charge is 0.233 e. The van der Waals surface area contributed by atoms with E-state index >= 15 is 0 Å². The van der Waals surface area contributed by atoms with E-state index in [1.54, 1.807) is 11.8 Å². The molecule has 1 fully saturated rings. The Morgan fingerprint density at radius 3 is 2.69 bits per heavy atom. The Bertz CT molecular complexity index is 169. The molecule has 1 rings (SSSR count). The Morgan fingerprint density at radius 2 is 2.15 bits per heavy atom. The lowest BCUT2D eigenvalue weighted by molar-refractivity contribution is -0.121. The SMILES string of the molecule is CSC(C)C(=O)NC1CCOCC1. The van der Waals surface area contributed by atoms with Crippen LogP contribution in [0, 0.1) is 0 Å². The summed E-state index contributed by atoms with van der Waals surface area (Å²) in [4.78, 5) is 11.5. The summed E-state index contributed by atoms with van der Waals surface area (Å²) in [5, 5.41) is 3.09. The fourth-order valence-corrected chi connectivity index (χ4v) is 1.55. The number of carbonyl (C=O) groups is 1. The van der Waals surface area contributed by atoms with Gasteiger partial charge in [0.1, 0.15) is 0 Å². The summed E-state index contributed by atoms with van der Waals surface area (Å²) in [6.07, 6.45) is 3.86. The van der Waals surface area contributed by atoms with E-state index in [-0.39, 0.29) is 11.2 Å². The standard InChI is InChI=1S/C9H17NO2S/c1-7(13-2)9(11)10-8-3-5-12-6-4-8/h7-8H,3-6H2,1-2H3,(H,10,11). The van der Waals surface area contributed by atoms with Crippen molar-refractivity contribution in [2.45, 2.75) is 31.1 Å². The monoisotopic (exact) mass is 203 g/mol. The lowest BCUT2D eigenvalue weighted by Crippen LogP contribution is -2.42. The molecule has 4 heteroatoms. The molecule has 0 spiro atoms. The van der Waals surface area contributed by atoms with Gasteiger partial charge in [-0.15, -0.1) is 0 Å². The van der Waals surface area contributed by atoms with Crippen LogP contribution >= 0.6 is 11.8 Å². The normalized spacial score (nSPS) is 21.1. The highest BCUT2D eigenvalue weighted by atomic mass is 32.2. The summed E-state index contributed by atoms with van der Waals surface area (Å²) in [5.41, 5.74) is 0. The van der Waals surface area contributed by atoms with Gasteiger partial charge >= 0.3 is 0 Å². The molecule has 1 heterocycles. The first kappa shape index (κ1) is 10.9. The Hall–Kier alpha value is -0.220. The number of carbonyl (C=O) groups excluding carboxylic acids is 1. The van der Waals surface area contributed by atoms with Gasteiger partial charge in [0, 0.05) is 19.3 Å². The van der Waals surface area contributed by atoms with Gasteiger partial charge in [-0.05, 0) is 26.0 Å². The predicted octanol–water partition coefficient (Wildman–Crippen LogP) is 1.03. The van der Waals surface area contributed by atoms with E-state index in [1.165, 1.54) is 0 Å². The largest absolute Gasteiger partial charge is 0.381 e. The van der Waals surface area contributed by atoms with Gasteiger partial charge in [0.15, 0.2) is 0 Å². The van der Waals surface area contributed by atoms with Gasteiger partial charge in [0.05, 0.1) is 5.25 Å². The molecule has 0 aromatic carbocycles. The zero-order valence-corrected chi connectivity index (χ0v) is 9.02. The lowest BCUT2D eigenvalue weighted by Gasteiger charge is -2.24. The van der Waals surface area contributed by atoms with Crippen molar-refractivity contribution in [3.63, 3.8) is 0 Å². The third-order valence-electron chi connectivity index (χ3n) is 2.29. The number of hydrogen-bond donors (Lipinski definition) is 1. The van der Waals surface area contributed by atoms with Gasteiger partial charge in [0.2, 0.25) is 5.91 Å². The minimum Gasteiger partial charge on any atom is -0.381 e. The van der Waals surface area contributed by atoms with Crippen molar-refractivity contribution in [2.24, 2.45) is 0 Å². The molecular weight excluding hydrogens is 186 g/mol. The first-order chi connectivity index (χ1) is 6.24. The number of hydrogen-bond acceptors (Lipinski definition) is 3. The van der Waals surface area contributed by atoms with Crippen molar-refractivity contribution in [3.05, 3.63) is 0 Å². The molecule has 1 aliphatic rings. The Morgan fingerprint density at radius 1 is 1.54 bits per heavy atom. The highest BCUT2D eigenvalue weighted by molar-refractivity contribution is 7.99. The maximum Gasteiger partial charge on any atom is 0.233 e. The van der Waals surface area contributed by atoms with E-state index < -0.39 is 0 Å². The predicted molar refractivity (Wildman–Crippen MR) is 55.0 cm³/mol.